The second-order valence-electron chi connectivity index (χ2n) is 6.55. The van der Waals surface area contributed by atoms with Gasteiger partial charge >= 0.3 is 0 Å². The SMILES string of the molecule is CC[C@H](C)n1cc(-c2ccc(N)c(Cl)c2)c2ccc(NS(C)(=O)=O)cc21. The lowest BCUT2D eigenvalue weighted by molar-refractivity contribution is 0.548. The van der Waals surface area contributed by atoms with Crippen LogP contribution in [-0.4, -0.2) is 19.2 Å². The maximum atomic E-state index is 11.6. The minimum Gasteiger partial charge on any atom is -0.398 e. The number of hydrogen-bond donors (Lipinski definition) is 2. The van der Waals surface area contributed by atoms with Gasteiger partial charge in [-0.15, -0.1) is 0 Å². The van der Waals surface area contributed by atoms with Crippen LogP contribution in [0.2, 0.25) is 5.02 Å². The van der Waals surface area contributed by atoms with Gasteiger partial charge in [0.1, 0.15) is 0 Å². The first-order chi connectivity index (χ1) is 12.2. The van der Waals surface area contributed by atoms with Crippen molar-refractivity contribution in [2.24, 2.45) is 0 Å². The molecule has 0 aliphatic rings. The topological polar surface area (TPSA) is 77.1 Å². The van der Waals surface area contributed by atoms with Crippen LogP contribution in [0.15, 0.2) is 42.6 Å². The first-order valence-electron chi connectivity index (χ1n) is 8.37. The Morgan fingerprint density at radius 3 is 2.58 bits per heavy atom. The van der Waals surface area contributed by atoms with Gasteiger partial charge in [0.25, 0.3) is 0 Å². The van der Waals surface area contributed by atoms with E-state index in [0.717, 1.165) is 34.7 Å². The Labute approximate surface area is 158 Å². The van der Waals surface area contributed by atoms with Gasteiger partial charge < -0.3 is 10.3 Å². The molecule has 0 radical (unpaired) electrons. The molecule has 3 rings (SSSR count). The number of aromatic nitrogens is 1. The highest BCUT2D eigenvalue weighted by molar-refractivity contribution is 7.92. The summed E-state index contributed by atoms with van der Waals surface area (Å²) in [5, 5.41) is 1.55. The van der Waals surface area contributed by atoms with Crippen molar-refractivity contribution in [3.8, 4) is 11.1 Å². The number of nitrogens with two attached hydrogens (primary N) is 1. The molecule has 0 saturated carbocycles. The van der Waals surface area contributed by atoms with Crippen LogP contribution in [0.25, 0.3) is 22.0 Å². The maximum absolute atomic E-state index is 11.6. The van der Waals surface area contributed by atoms with E-state index in [1.54, 1.807) is 12.1 Å². The molecule has 0 saturated heterocycles. The molecular weight excluding hydrogens is 370 g/mol. The molecule has 0 aliphatic heterocycles. The molecule has 3 aromatic rings. The van der Waals surface area contributed by atoms with Crippen LogP contribution in [-0.2, 0) is 10.0 Å². The van der Waals surface area contributed by atoms with E-state index in [0.29, 0.717) is 16.4 Å². The van der Waals surface area contributed by atoms with Crippen molar-refractivity contribution in [1.29, 1.82) is 0 Å². The van der Waals surface area contributed by atoms with Gasteiger partial charge in [-0.3, -0.25) is 4.72 Å². The van der Waals surface area contributed by atoms with Crippen LogP contribution in [0.5, 0.6) is 0 Å². The standard InChI is InChI=1S/C19H22ClN3O2S/c1-4-12(2)23-11-16(13-5-8-18(21)17(20)9-13)15-7-6-14(10-19(15)23)22-26(3,24)25/h5-12,22H,4,21H2,1-3H3/t12-/m0/s1. The van der Waals surface area contributed by atoms with Gasteiger partial charge in [0.15, 0.2) is 0 Å². The molecule has 0 fully saturated rings. The molecule has 2 aromatic carbocycles. The second kappa shape index (κ2) is 6.85. The Kier molecular flexibility index (Phi) is 4.90. The van der Waals surface area contributed by atoms with Crippen molar-refractivity contribution >= 4 is 43.9 Å². The van der Waals surface area contributed by atoms with Crippen molar-refractivity contribution in [1.82, 2.24) is 4.57 Å². The van der Waals surface area contributed by atoms with Crippen LogP contribution in [0.4, 0.5) is 11.4 Å². The number of benzene rings is 2. The summed E-state index contributed by atoms with van der Waals surface area (Å²) in [5.41, 5.74) is 9.89. The molecule has 3 N–H and O–H groups in total. The molecule has 1 heterocycles. The van der Waals surface area contributed by atoms with E-state index in [1.165, 1.54) is 0 Å². The van der Waals surface area contributed by atoms with Crippen LogP contribution < -0.4 is 10.5 Å². The van der Waals surface area contributed by atoms with Crippen LogP contribution in [0.3, 0.4) is 0 Å². The molecule has 1 aromatic heterocycles. The summed E-state index contributed by atoms with van der Waals surface area (Å²) in [4.78, 5) is 0. The summed E-state index contributed by atoms with van der Waals surface area (Å²) < 4.78 is 27.8. The molecule has 0 amide bonds. The van der Waals surface area contributed by atoms with E-state index in [1.807, 2.05) is 24.3 Å². The third-order valence-electron chi connectivity index (χ3n) is 4.51. The first-order valence-corrected chi connectivity index (χ1v) is 10.6. The van der Waals surface area contributed by atoms with Crippen molar-refractivity contribution in [2.75, 3.05) is 16.7 Å². The van der Waals surface area contributed by atoms with Gasteiger partial charge in [0.05, 0.1) is 28.2 Å². The summed E-state index contributed by atoms with van der Waals surface area (Å²) in [5.74, 6) is 0. The van der Waals surface area contributed by atoms with Crippen molar-refractivity contribution < 1.29 is 8.42 Å². The molecule has 0 spiro atoms. The second-order valence-corrected chi connectivity index (χ2v) is 8.71. The smallest absolute Gasteiger partial charge is 0.229 e. The average molecular weight is 392 g/mol. The zero-order chi connectivity index (χ0) is 19.1. The fraction of sp³-hybridized carbons (Fsp3) is 0.263. The fourth-order valence-electron chi connectivity index (χ4n) is 3.01. The fourth-order valence-corrected chi connectivity index (χ4v) is 3.75. The number of rotatable bonds is 5. The maximum Gasteiger partial charge on any atom is 0.229 e. The molecule has 7 heteroatoms. The van der Waals surface area contributed by atoms with Gasteiger partial charge in [-0.2, -0.15) is 0 Å². The van der Waals surface area contributed by atoms with Gasteiger partial charge in [-0.05, 0) is 43.2 Å². The largest absolute Gasteiger partial charge is 0.398 e. The Morgan fingerprint density at radius 1 is 1.23 bits per heavy atom. The monoisotopic (exact) mass is 391 g/mol. The number of nitrogen functional groups attached to an aromatic ring is 1. The van der Waals surface area contributed by atoms with Crippen molar-refractivity contribution in [3.63, 3.8) is 0 Å². The van der Waals surface area contributed by atoms with Gasteiger partial charge in [-0.25, -0.2) is 8.42 Å². The first kappa shape index (κ1) is 18.6. The van der Waals surface area contributed by atoms with E-state index < -0.39 is 10.0 Å². The van der Waals surface area contributed by atoms with Crippen molar-refractivity contribution in [3.05, 3.63) is 47.6 Å². The Balaban J connectivity index is 2.22. The predicted octanol–water partition coefficient (Wildman–Crippen LogP) is 4.89. The lowest BCUT2D eigenvalue weighted by atomic mass is 10.0. The molecule has 5 nitrogen and oxygen atoms in total. The minimum atomic E-state index is -3.33. The number of anilines is 2. The minimum absolute atomic E-state index is 0.268. The molecule has 1 atom stereocenters. The van der Waals surface area contributed by atoms with E-state index in [2.05, 4.69) is 29.3 Å². The number of nitrogens with one attached hydrogen (secondary N) is 1. The lowest BCUT2D eigenvalue weighted by Gasteiger charge is -2.13. The number of sulfonamides is 1. The summed E-state index contributed by atoms with van der Waals surface area (Å²) >= 11 is 6.20. The molecule has 0 bridgehead atoms. The van der Waals surface area contributed by atoms with E-state index in [9.17, 15) is 8.42 Å². The summed E-state index contributed by atoms with van der Waals surface area (Å²) in [6.45, 7) is 4.25. The summed E-state index contributed by atoms with van der Waals surface area (Å²) in [7, 11) is -3.33. The molecule has 0 unspecified atom stereocenters. The zero-order valence-corrected chi connectivity index (χ0v) is 16.5. The highest BCUT2D eigenvalue weighted by Crippen LogP contribution is 2.36. The highest BCUT2D eigenvalue weighted by Gasteiger charge is 2.15. The summed E-state index contributed by atoms with van der Waals surface area (Å²) in [6.07, 6.45) is 4.19. The molecule has 26 heavy (non-hydrogen) atoms. The van der Waals surface area contributed by atoms with Crippen LogP contribution in [0, 0.1) is 0 Å². The normalized spacial score (nSPS) is 13.1. The summed E-state index contributed by atoms with van der Waals surface area (Å²) in [6, 6.07) is 11.4. The Hall–Kier alpha value is -2.18. The number of fused-ring (bicyclic) bond motifs is 1. The number of nitrogens with zero attached hydrogens (tertiary/aromatic N) is 1. The molecule has 138 valence electrons. The van der Waals surface area contributed by atoms with Crippen molar-refractivity contribution in [2.45, 2.75) is 26.3 Å². The molecular formula is C19H22ClN3O2S. The number of hydrogen-bond acceptors (Lipinski definition) is 3. The number of halogens is 1. The Morgan fingerprint density at radius 2 is 1.96 bits per heavy atom. The average Bonchev–Trinajstić information content (AvgIpc) is 2.94. The van der Waals surface area contributed by atoms with Crippen LogP contribution >= 0.6 is 11.6 Å². The van der Waals surface area contributed by atoms with Crippen LogP contribution in [0.1, 0.15) is 26.3 Å². The van der Waals surface area contributed by atoms with Gasteiger partial charge in [0.2, 0.25) is 10.0 Å². The lowest BCUT2D eigenvalue weighted by Crippen LogP contribution is -2.09. The van der Waals surface area contributed by atoms with E-state index in [-0.39, 0.29) is 6.04 Å². The van der Waals surface area contributed by atoms with Gasteiger partial charge in [0, 0.05) is 23.2 Å². The van der Waals surface area contributed by atoms with E-state index >= 15 is 0 Å². The Bertz CT molecular complexity index is 1070. The quantitative estimate of drug-likeness (QED) is 0.608. The zero-order valence-electron chi connectivity index (χ0n) is 15.0. The third kappa shape index (κ3) is 3.66. The third-order valence-corrected chi connectivity index (χ3v) is 5.45. The highest BCUT2D eigenvalue weighted by atomic mass is 35.5. The molecule has 0 aliphatic carbocycles. The van der Waals surface area contributed by atoms with Gasteiger partial charge in [-0.1, -0.05) is 30.7 Å². The van der Waals surface area contributed by atoms with E-state index in [4.69, 9.17) is 17.3 Å². The predicted molar refractivity (Wildman–Crippen MR) is 110 cm³/mol.